The summed E-state index contributed by atoms with van der Waals surface area (Å²) in [5.41, 5.74) is 3.50. The van der Waals surface area contributed by atoms with Crippen molar-refractivity contribution in [1.29, 1.82) is 0 Å². The molecular weight excluding hydrogens is 598 g/mol. The van der Waals surface area contributed by atoms with Crippen molar-refractivity contribution in [3.05, 3.63) is 63.8 Å². The van der Waals surface area contributed by atoms with E-state index in [0.29, 0.717) is 70.6 Å². The molecule has 238 valence electrons. The second-order valence-corrected chi connectivity index (χ2v) is 11.6. The zero-order valence-corrected chi connectivity index (χ0v) is 26.7. The summed E-state index contributed by atoms with van der Waals surface area (Å²) < 4.78 is 28.0. The average Bonchev–Trinajstić information content (AvgIpc) is 3.38. The van der Waals surface area contributed by atoms with Gasteiger partial charge in [-0.05, 0) is 78.3 Å². The molecule has 2 atom stereocenters. The molecule has 0 unspecified atom stereocenters. The topological polar surface area (TPSA) is 133 Å². The van der Waals surface area contributed by atoms with Gasteiger partial charge in [0.2, 0.25) is 29.8 Å². The van der Waals surface area contributed by atoms with E-state index >= 15 is 0 Å². The van der Waals surface area contributed by atoms with Crippen LogP contribution in [0.15, 0.2) is 47.3 Å². The number of fused-ring (bicyclic) bond motifs is 4. The van der Waals surface area contributed by atoms with Gasteiger partial charge < -0.3 is 39.6 Å². The molecule has 12 heteroatoms. The van der Waals surface area contributed by atoms with Crippen molar-refractivity contribution in [3.63, 3.8) is 0 Å². The van der Waals surface area contributed by atoms with Gasteiger partial charge in [-0.3, -0.25) is 14.4 Å². The Morgan fingerprint density at radius 3 is 2.49 bits per heavy atom. The lowest BCUT2D eigenvalue weighted by atomic mass is 9.95. The Morgan fingerprint density at radius 2 is 1.78 bits per heavy atom. The van der Waals surface area contributed by atoms with Crippen LogP contribution in [0.3, 0.4) is 0 Å². The molecular formula is C33H37N3O8S. The van der Waals surface area contributed by atoms with Crippen LogP contribution in [0.5, 0.6) is 28.7 Å². The van der Waals surface area contributed by atoms with Crippen molar-refractivity contribution in [1.82, 2.24) is 5.32 Å². The lowest BCUT2D eigenvalue weighted by molar-refractivity contribution is -0.120. The second kappa shape index (κ2) is 14.0. The number of rotatable bonds is 11. The Hall–Kier alpha value is -4.58. The Balaban J connectivity index is 1.57. The van der Waals surface area contributed by atoms with Crippen molar-refractivity contribution >= 4 is 35.0 Å². The Labute approximate surface area is 265 Å². The van der Waals surface area contributed by atoms with Crippen LogP contribution >= 0.6 is 11.8 Å². The maximum atomic E-state index is 13.8. The van der Waals surface area contributed by atoms with Gasteiger partial charge in [0.25, 0.3) is 0 Å². The van der Waals surface area contributed by atoms with E-state index in [4.69, 9.17) is 23.7 Å². The molecule has 5 rings (SSSR count). The number of aryl methyl sites for hydroxylation is 1. The lowest BCUT2D eigenvalue weighted by Gasteiger charge is -2.19. The molecule has 0 spiro atoms. The SMILES string of the molecule is COc1cc2c(c(OC)c1OC)-c1ccc(N[C@H](CCSC)C(=O)Nc3ccc4c(c3)OCO4)c(=O)cc1[C@H](NC(C)=O)CC2. The second-order valence-electron chi connectivity index (χ2n) is 10.6. The van der Waals surface area contributed by atoms with Crippen molar-refractivity contribution in [3.8, 4) is 39.9 Å². The minimum atomic E-state index is -0.713. The van der Waals surface area contributed by atoms with E-state index in [9.17, 15) is 14.4 Å². The van der Waals surface area contributed by atoms with Gasteiger partial charge in [0.15, 0.2) is 23.0 Å². The fraction of sp³-hybridized carbons (Fsp3) is 0.364. The third-order valence-electron chi connectivity index (χ3n) is 7.81. The summed E-state index contributed by atoms with van der Waals surface area (Å²) in [4.78, 5) is 39.6. The number of hydrogen-bond donors (Lipinski definition) is 3. The predicted molar refractivity (Wildman–Crippen MR) is 174 cm³/mol. The first-order chi connectivity index (χ1) is 21.8. The number of methoxy groups -OCH3 is 3. The van der Waals surface area contributed by atoms with Gasteiger partial charge in [0.05, 0.1) is 33.1 Å². The monoisotopic (exact) mass is 635 g/mol. The Bertz CT molecular complexity index is 1660. The zero-order chi connectivity index (χ0) is 32.1. The largest absolute Gasteiger partial charge is 0.493 e. The van der Waals surface area contributed by atoms with E-state index in [1.807, 2.05) is 18.4 Å². The van der Waals surface area contributed by atoms with Gasteiger partial charge in [-0.25, -0.2) is 0 Å². The molecule has 0 radical (unpaired) electrons. The van der Waals surface area contributed by atoms with Crippen LogP contribution in [0.1, 0.15) is 36.9 Å². The fourth-order valence-corrected chi connectivity index (χ4v) is 6.19. The van der Waals surface area contributed by atoms with Gasteiger partial charge in [0.1, 0.15) is 6.04 Å². The smallest absolute Gasteiger partial charge is 0.246 e. The summed E-state index contributed by atoms with van der Waals surface area (Å²) in [5, 5.41) is 9.15. The molecule has 45 heavy (non-hydrogen) atoms. The Kier molecular flexibility index (Phi) is 9.92. The molecule has 2 amide bonds. The van der Waals surface area contributed by atoms with Crippen molar-refractivity contribution in [2.24, 2.45) is 0 Å². The van der Waals surface area contributed by atoms with Crippen LogP contribution in [0.2, 0.25) is 0 Å². The van der Waals surface area contributed by atoms with Crippen LogP contribution < -0.4 is 45.1 Å². The number of amides is 2. The number of ether oxygens (including phenoxy) is 5. The highest BCUT2D eigenvalue weighted by Crippen LogP contribution is 2.50. The quantitative estimate of drug-likeness (QED) is 0.271. The summed E-state index contributed by atoms with van der Waals surface area (Å²) in [6.45, 7) is 1.58. The summed E-state index contributed by atoms with van der Waals surface area (Å²) in [6, 6.07) is 11.0. The molecule has 3 aromatic rings. The molecule has 2 aliphatic rings. The van der Waals surface area contributed by atoms with Crippen LogP contribution in [0, 0.1) is 0 Å². The maximum absolute atomic E-state index is 13.8. The summed E-state index contributed by atoms with van der Waals surface area (Å²) in [6.07, 6.45) is 3.56. The standard InChI is InChI=1S/C33H37N3O8S/c1-18(37)34-23-9-6-19-14-29(40-2)31(41-3)32(42-4)30(19)21-8-10-24(26(38)16-22(21)23)36-25(12-13-45-5)33(39)35-20-7-11-27-28(15-20)44-17-43-27/h7-8,10-11,14-16,23,25H,6,9,12-13,17H2,1-5H3,(H,34,37)(H,35,39)(H,36,38)/t23-,25-/m1/s1. The molecule has 1 aliphatic heterocycles. The number of carbonyl (C=O) groups excluding carboxylic acids is 2. The molecule has 3 aromatic carbocycles. The molecule has 0 fully saturated rings. The summed E-state index contributed by atoms with van der Waals surface area (Å²) >= 11 is 1.60. The van der Waals surface area contributed by atoms with E-state index in [0.717, 1.165) is 11.1 Å². The minimum Gasteiger partial charge on any atom is -0.493 e. The number of thioether (sulfide) groups is 1. The van der Waals surface area contributed by atoms with E-state index in [1.54, 1.807) is 50.2 Å². The molecule has 0 bridgehead atoms. The average molecular weight is 636 g/mol. The van der Waals surface area contributed by atoms with Gasteiger partial charge in [-0.2, -0.15) is 11.8 Å². The fourth-order valence-electron chi connectivity index (χ4n) is 5.72. The van der Waals surface area contributed by atoms with Gasteiger partial charge in [-0.15, -0.1) is 0 Å². The van der Waals surface area contributed by atoms with Crippen LogP contribution in [0.4, 0.5) is 11.4 Å². The van der Waals surface area contributed by atoms with E-state index in [2.05, 4.69) is 16.0 Å². The highest BCUT2D eigenvalue weighted by molar-refractivity contribution is 7.98. The third-order valence-corrected chi connectivity index (χ3v) is 8.46. The normalized spacial score (nSPS) is 15.1. The first-order valence-corrected chi connectivity index (χ1v) is 15.9. The van der Waals surface area contributed by atoms with Crippen LogP contribution in [-0.2, 0) is 16.0 Å². The highest BCUT2D eigenvalue weighted by atomic mass is 32.2. The number of anilines is 2. The van der Waals surface area contributed by atoms with E-state index in [-0.39, 0.29) is 29.7 Å². The van der Waals surface area contributed by atoms with Crippen molar-refractivity contribution < 1.29 is 33.3 Å². The van der Waals surface area contributed by atoms with Crippen LogP contribution in [0.25, 0.3) is 11.1 Å². The zero-order valence-electron chi connectivity index (χ0n) is 25.9. The first-order valence-electron chi connectivity index (χ1n) is 14.5. The van der Waals surface area contributed by atoms with E-state index in [1.165, 1.54) is 20.1 Å². The number of benzene rings is 2. The van der Waals surface area contributed by atoms with Gasteiger partial charge in [0, 0.05) is 24.2 Å². The Morgan fingerprint density at radius 1 is 1.00 bits per heavy atom. The number of nitrogens with one attached hydrogen (secondary N) is 3. The predicted octanol–water partition coefficient (Wildman–Crippen LogP) is 4.76. The summed E-state index contributed by atoms with van der Waals surface area (Å²) in [7, 11) is 4.65. The molecule has 11 nitrogen and oxygen atoms in total. The third kappa shape index (κ3) is 6.75. The van der Waals surface area contributed by atoms with Gasteiger partial charge in [-0.1, -0.05) is 6.07 Å². The molecule has 0 saturated carbocycles. The molecule has 3 N–H and O–H groups in total. The molecule has 0 saturated heterocycles. The maximum Gasteiger partial charge on any atom is 0.246 e. The number of carbonyl (C=O) groups is 2. The summed E-state index contributed by atoms with van der Waals surface area (Å²) in [5.74, 6) is 2.75. The highest BCUT2D eigenvalue weighted by Gasteiger charge is 2.30. The minimum absolute atomic E-state index is 0.130. The van der Waals surface area contributed by atoms with Crippen molar-refractivity contribution in [2.75, 3.05) is 50.8 Å². The van der Waals surface area contributed by atoms with Gasteiger partial charge >= 0.3 is 0 Å². The van der Waals surface area contributed by atoms with Crippen molar-refractivity contribution in [2.45, 2.75) is 38.3 Å². The number of hydrogen-bond acceptors (Lipinski definition) is 10. The van der Waals surface area contributed by atoms with E-state index < -0.39 is 12.1 Å². The first kappa shape index (κ1) is 31.8. The lowest BCUT2D eigenvalue weighted by Crippen LogP contribution is -2.36. The van der Waals surface area contributed by atoms with Crippen LogP contribution in [-0.4, -0.2) is 58.0 Å². The molecule has 1 aliphatic carbocycles. The molecule has 1 heterocycles. The molecule has 0 aromatic heterocycles.